The highest BCUT2D eigenvalue weighted by Crippen LogP contribution is 2.41. The summed E-state index contributed by atoms with van der Waals surface area (Å²) in [5.74, 6) is -4.43. The second kappa shape index (κ2) is 16.1. The van der Waals surface area contributed by atoms with Crippen molar-refractivity contribution >= 4 is 65.2 Å². The second-order valence-corrected chi connectivity index (χ2v) is 11.5. The monoisotopic (exact) mass is 722 g/mol. The number of aryl methyl sites for hydroxylation is 1. The van der Waals surface area contributed by atoms with Crippen molar-refractivity contribution in [1.29, 1.82) is 0 Å². The number of hydrogen-bond acceptors (Lipinski definition) is 14. The molecule has 19 nitrogen and oxygen atoms in total. The van der Waals surface area contributed by atoms with Crippen LogP contribution in [0.3, 0.4) is 0 Å². The Kier molecular flexibility index (Phi) is 12.6. The first-order chi connectivity index (χ1) is 22.5. The average Bonchev–Trinajstić information content (AvgIpc) is 3.42. The molecule has 0 aliphatic carbocycles. The highest BCUT2D eigenvalue weighted by Gasteiger charge is 2.54. The topological polar surface area (TPSA) is 278 Å². The molecule has 2 aliphatic heterocycles. The summed E-state index contributed by atoms with van der Waals surface area (Å²) in [4.78, 5) is 69.6. The predicted octanol–water partition coefficient (Wildman–Crippen LogP) is 0.445. The molecule has 1 saturated heterocycles. The van der Waals surface area contributed by atoms with Crippen molar-refractivity contribution in [1.82, 2.24) is 30.4 Å². The third kappa shape index (κ3) is 10.2. The third-order valence-corrected chi connectivity index (χ3v) is 8.41. The van der Waals surface area contributed by atoms with E-state index in [1.807, 2.05) is 0 Å². The Morgan fingerprint density at radius 2 is 1.81 bits per heavy atom. The van der Waals surface area contributed by atoms with E-state index in [9.17, 15) is 42.3 Å². The summed E-state index contributed by atoms with van der Waals surface area (Å²) in [7, 11) is 1.66. The third-order valence-electron chi connectivity index (χ3n) is 5.97. The molecule has 0 bridgehead atoms. The molecule has 1 aromatic carbocycles. The predicted molar refractivity (Wildman–Crippen MR) is 155 cm³/mol. The summed E-state index contributed by atoms with van der Waals surface area (Å²) in [5, 5.41) is 41.3. The van der Waals surface area contributed by atoms with Gasteiger partial charge in [-0.3, -0.25) is 24.6 Å². The molecule has 260 valence electrons. The van der Waals surface area contributed by atoms with E-state index >= 15 is 0 Å². The molecule has 48 heavy (non-hydrogen) atoms. The number of aromatic nitrogens is 4. The van der Waals surface area contributed by atoms with E-state index in [0.29, 0.717) is 27.7 Å². The number of carboxylic acid groups (broad SMARTS) is 3. The summed E-state index contributed by atoms with van der Waals surface area (Å²) < 4.78 is 42.9. The molecule has 0 saturated carbocycles. The number of tetrazole rings is 1. The van der Waals surface area contributed by atoms with Crippen molar-refractivity contribution in [2.45, 2.75) is 35.2 Å². The number of β-lactam (4-membered cyclic amide) rings is 1. The molecule has 3 heterocycles. The van der Waals surface area contributed by atoms with Crippen LogP contribution in [0, 0.1) is 0 Å². The van der Waals surface area contributed by atoms with Gasteiger partial charge in [0, 0.05) is 29.8 Å². The van der Waals surface area contributed by atoms with Gasteiger partial charge in [0.1, 0.15) is 24.1 Å². The maximum atomic E-state index is 12.9. The summed E-state index contributed by atoms with van der Waals surface area (Å²) in [6.45, 7) is -0.503. The molecule has 0 unspecified atom stereocenters. The maximum Gasteiger partial charge on any atom is 0.512 e. The standard InChI is InChI=1S/C22H24N8O9S2.C2HF3O2/c1-29-20(26-27-28-29)41-9-11-8-40-18-15(16(32)30(18)17(11)39-22(36)37)25-14(31)6-10-2-4-12(5-3-10)24-21(35)38-7-13(23)19(33)34;3-2(4,5)1(6)7/h2-5,13,15,18H,6-9,23H2,1H3,(H,24,35)(H,25,31)(H,33,34)(H,36,37);(H,6,7)/t13-,15+,18-;/m0./s1. The number of ether oxygens (including phenoxy) is 2. The zero-order chi connectivity index (χ0) is 35.8. The van der Waals surface area contributed by atoms with Crippen molar-refractivity contribution in [3.8, 4) is 0 Å². The fourth-order valence-electron chi connectivity index (χ4n) is 3.71. The molecule has 7 N–H and O–H groups in total. The molecule has 1 aromatic heterocycles. The minimum atomic E-state index is -5.08. The molecule has 0 spiro atoms. The van der Waals surface area contributed by atoms with Crippen LogP contribution in [0.1, 0.15) is 5.56 Å². The lowest BCUT2D eigenvalue weighted by Crippen LogP contribution is -2.70. The summed E-state index contributed by atoms with van der Waals surface area (Å²) in [5.41, 5.74) is 6.77. The summed E-state index contributed by atoms with van der Waals surface area (Å²) in [6.07, 6.45) is -7.61. The van der Waals surface area contributed by atoms with Crippen LogP contribution in [-0.2, 0) is 42.1 Å². The summed E-state index contributed by atoms with van der Waals surface area (Å²) in [6, 6.07) is 3.99. The van der Waals surface area contributed by atoms with Crippen LogP contribution in [0.15, 0.2) is 40.9 Å². The number of carboxylic acids is 2. The van der Waals surface area contributed by atoms with Gasteiger partial charge in [-0.15, -0.1) is 16.9 Å². The SMILES string of the molecule is Cn1nnnc1SCC1=C(OC(=O)O)N2C(=O)[C@@H](NC(=O)Cc3ccc(NC(=O)OC[C@H](N)C(=O)O)cc3)[C@@H]2SC1.O=C(O)C(F)(F)F. The zero-order valence-electron chi connectivity index (χ0n) is 24.2. The van der Waals surface area contributed by atoms with Gasteiger partial charge in [0.2, 0.25) is 16.9 Å². The largest absolute Gasteiger partial charge is 0.512 e. The Morgan fingerprint density at radius 3 is 2.35 bits per heavy atom. The minimum Gasteiger partial charge on any atom is -0.480 e. The van der Waals surface area contributed by atoms with Crippen LogP contribution in [0.5, 0.6) is 0 Å². The molecule has 2 aromatic rings. The number of aliphatic carboxylic acids is 2. The first kappa shape index (κ1) is 37.4. The van der Waals surface area contributed by atoms with E-state index in [0.717, 1.165) is 0 Å². The first-order valence-electron chi connectivity index (χ1n) is 13.0. The lowest BCUT2D eigenvalue weighted by molar-refractivity contribution is -0.192. The van der Waals surface area contributed by atoms with Crippen LogP contribution < -0.4 is 16.4 Å². The van der Waals surface area contributed by atoms with E-state index in [4.69, 9.17) is 30.2 Å². The quantitative estimate of drug-likeness (QED) is 0.104. The van der Waals surface area contributed by atoms with Crippen LogP contribution >= 0.6 is 23.5 Å². The Morgan fingerprint density at radius 1 is 1.17 bits per heavy atom. The van der Waals surface area contributed by atoms with Crippen LogP contribution in [0.2, 0.25) is 0 Å². The number of hydrogen-bond donors (Lipinski definition) is 6. The lowest BCUT2D eigenvalue weighted by atomic mass is 10.1. The van der Waals surface area contributed by atoms with Gasteiger partial charge in [-0.25, -0.2) is 19.1 Å². The summed E-state index contributed by atoms with van der Waals surface area (Å²) >= 11 is 2.62. The van der Waals surface area contributed by atoms with E-state index in [2.05, 4.69) is 26.2 Å². The number of carbonyl (C=O) groups excluding carboxylic acids is 3. The molecule has 0 radical (unpaired) electrons. The molecule has 3 amide bonds. The van der Waals surface area contributed by atoms with Crippen molar-refractivity contribution < 1.29 is 66.7 Å². The molecule has 3 atom stereocenters. The van der Waals surface area contributed by atoms with E-state index in [1.165, 1.54) is 45.2 Å². The van der Waals surface area contributed by atoms with E-state index in [1.54, 1.807) is 19.2 Å². The normalized spacial score (nSPS) is 17.5. The van der Waals surface area contributed by atoms with Crippen LogP contribution in [0.25, 0.3) is 0 Å². The Bertz CT molecular complexity index is 1590. The minimum absolute atomic E-state index is 0.0681. The molecule has 2 aliphatic rings. The molecule has 1 fully saturated rings. The van der Waals surface area contributed by atoms with Crippen LogP contribution in [0.4, 0.5) is 28.4 Å². The average molecular weight is 723 g/mol. The number of nitrogens with two attached hydrogens (primary N) is 1. The van der Waals surface area contributed by atoms with E-state index < -0.39 is 66.2 Å². The molecular weight excluding hydrogens is 697 g/mol. The number of rotatable bonds is 11. The Balaban J connectivity index is 0.000000804. The fraction of sp³-hybridized carbons (Fsp3) is 0.375. The number of nitrogens with zero attached hydrogens (tertiary/aromatic N) is 5. The van der Waals surface area contributed by atoms with Crippen LogP contribution in [-0.4, -0.2) is 118 Å². The second-order valence-electron chi connectivity index (χ2n) is 9.45. The van der Waals surface area contributed by atoms with Gasteiger partial charge in [-0.1, -0.05) is 23.9 Å². The number of carbonyl (C=O) groups is 6. The van der Waals surface area contributed by atoms with Gasteiger partial charge in [0.25, 0.3) is 5.91 Å². The van der Waals surface area contributed by atoms with Crippen molar-refractivity contribution in [2.24, 2.45) is 12.8 Å². The lowest BCUT2D eigenvalue weighted by Gasteiger charge is -2.49. The van der Waals surface area contributed by atoms with Gasteiger partial charge in [0.15, 0.2) is 0 Å². The maximum absolute atomic E-state index is 12.9. The highest BCUT2D eigenvalue weighted by molar-refractivity contribution is 8.01. The number of alkyl halides is 3. The smallest absolute Gasteiger partial charge is 0.480 e. The van der Waals surface area contributed by atoms with Gasteiger partial charge in [-0.05, 0) is 28.1 Å². The van der Waals surface area contributed by atoms with Crippen molar-refractivity contribution in [2.75, 3.05) is 23.4 Å². The Labute approximate surface area is 275 Å². The zero-order valence-corrected chi connectivity index (χ0v) is 25.9. The van der Waals surface area contributed by atoms with Gasteiger partial charge >= 0.3 is 30.4 Å². The van der Waals surface area contributed by atoms with E-state index in [-0.39, 0.29) is 18.1 Å². The van der Waals surface area contributed by atoms with Gasteiger partial charge in [-0.2, -0.15) is 13.2 Å². The number of nitrogens with one attached hydrogen (secondary N) is 2. The number of amides is 3. The van der Waals surface area contributed by atoms with Crippen molar-refractivity contribution in [3.63, 3.8) is 0 Å². The molecular formula is C24H25F3N8O11S2. The molecule has 24 heteroatoms. The molecule has 4 rings (SSSR count). The number of halogens is 3. The number of thioether (sulfide) groups is 2. The Hall–Kier alpha value is -5.10. The first-order valence-corrected chi connectivity index (χ1v) is 15.0. The van der Waals surface area contributed by atoms with Gasteiger partial charge < -0.3 is 35.8 Å². The van der Waals surface area contributed by atoms with Crippen molar-refractivity contribution in [3.05, 3.63) is 41.3 Å². The number of benzene rings is 1. The highest BCUT2D eigenvalue weighted by atomic mass is 32.2. The number of anilines is 1. The van der Waals surface area contributed by atoms with Gasteiger partial charge in [0.05, 0.1) is 6.42 Å². The fourth-order valence-corrected chi connectivity index (χ4v) is 6.01. The number of fused-ring (bicyclic) bond motifs is 1.